The van der Waals surface area contributed by atoms with Gasteiger partial charge in [-0.1, -0.05) is 32.0 Å². The highest BCUT2D eigenvalue weighted by atomic mass is 16.3. The first kappa shape index (κ1) is 21.1. The van der Waals surface area contributed by atoms with Crippen LogP contribution in [0.15, 0.2) is 76.4 Å². The van der Waals surface area contributed by atoms with E-state index in [0.29, 0.717) is 16.9 Å². The molecule has 1 unspecified atom stereocenters. The van der Waals surface area contributed by atoms with Crippen LogP contribution in [0, 0.1) is 5.92 Å². The number of nitrogens with zero attached hydrogens (tertiary/aromatic N) is 1. The van der Waals surface area contributed by atoms with Gasteiger partial charge in [0.05, 0.1) is 11.7 Å². The largest absolute Gasteiger partial charge is 0.508 e. The van der Waals surface area contributed by atoms with Crippen LogP contribution in [0.4, 0.5) is 17.1 Å². The maximum atomic E-state index is 12.4. The lowest BCUT2D eigenvalue weighted by Gasteiger charge is -2.26. The SMILES string of the molecule is CC(C)C(Nc1c(Nc2ccc(O)c(-c3ccccn3)c2)c(=O)c1=O)c1cccc(O)c1. The van der Waals surface area contributed by atoms with E-state index in [1.165, 1.54) is 6.07 Å². The molecule has 32 heavy (non-hydrogen) atoms. The number of aromatic nitrogens is 1. The van der Waals surface area contributed by atoms with Crippen molar-refractivity contribution in [3.8, 4) is 22.8 Å². The van der Waals surface area contributed by atoms with Gasteiger partial charge in [0.15, 0.2) is 0 Å². The molecule has 0 aliphatic heterocycles. The Labute approximate surface area is 184 Å². The summed E-state index contributed by atoms with van der Waals surface area (Å²) in [7, 11) is 0. The summed E-state index contributed by atoms with van der Waals surface area (Å²) >= 11 is 0. The summed E-state index contributed by atoms with van der Waals surface area (Å²) in [5.41, 5.74) is 1.59. The van der Waals surface area contributed by atoms with Gasteiger partial charge < -0.3 is 20.8 Å². The summed E-state index contributed by atoms with van der Waals surface area (Å²) in [4.78, 5) is 28.9. The molecule has 0 fully saturated rings. The van der Waals surface area contributed by atoms with Gasteiger partial charge in [0.1, 0.15) is 22.9 Å². The van der Waals surface area contributed by atoms with Crippen molar-refractivity contribution in [1.29, 1.82) is 0 Å². The molecule has 0 spiro atoms. The van der Waals surface area contributed by atoms with Crippen molar-refractivity contribution in [3.05, 3.63) is 92.9 Å². The summed E-state index contributed by atoms with van der Waals surface area (Å²) < 4.78 is 0. The normalized spacial score (nSPS) is 12.1. The van der Waals surface area contributed by atoms with Gasteiger partial charge in [0.2, 0.25) is 0 Å². The first-order valence-electron chi connectivity index (χ1n) is 10.3. The zero-order valence-electron chi connectivity index (χ0n) is 17.7. The van der Waals surface area contributed by atoms with Crippen LogP contribution in [-0.4, -0.2) is 15.2 Å². The topological polar surface area (TPSA) is 112 Å². The molecule has 0 aliphatic carbocycles. The van der Waals surface area contributed by atoms with Crippen LogP contribution in [0.2, 0.25) is 0 Å². The molecule has 0 bridgehead atoms. The lowest BCUT2D eigenvalue weighted by Crippen LogP contribution is -2.38. The fourth-order valence-electron chi connectivity index (χ4n) is 3.64. The second kappa shape index (κ2) is 8.55. The number of phenolic OH excluding ortho intramolecular Hbond substituents is 2. The Morgan fingerprint density at radius 3 is 2.34 bits per heavy atom. The quantitative estimate of drug-likeness (QED) is 0.256. The Balaban J connectivity index is 1.64. The second-order valence-electron chi connectivity index (χ2n) is 7.94. The van der Waals surface area contributed by atoms with Gasteiger partial charge in [-0.05, 0) is 53.9 Å². The van der Waals surface area contributed by atoms with E-state index >= 15 is 0 Å². The van der Waals surface area contributed by atoms with E-state index in [-0.39, 0.29) is 34.8 Å². The van der Waals surface area contributed by atoms with E-state index in [1.807, 2.05) is 26.0 Å². The van der Waals surface area contributed by atoms with Crippen LogP contribution in [0.1, 0.15) is 25.5 Å². The highest BCUT2D eigenvalue weighted by Crippen LogP contribution is 2.34. The van der Waals surface area contributed by atoms with E-state index in [1.54, 1.807) is 48.7 Å². The molecule has 162 valence electrons. The zero-order valence-corrected chi connectivity index (χ0v) is 17.7. The third-order valence-corrected chi connectivity index (χ3v) is 5.31. The molecular formula is C25H23N3O4. The zero-order chi connectivity index (χ0) is 22.8. The molecule has 0 saturated carbocycles. The van der Waals surface area contributed by atoms with Crippen LogP contribution >= 0.6 is 0 Å². The Kier molecular flexibility index (Phi) is 5.64. The summed E-state index contributed by atoms with van der Waals surface area (Å²) in [5.74, 6) is 0.268. The molecule has 1 heterocycles. The highest BCUT2D eigenvalue weighted by Gasteiger charge is 2.26. The number of anilines is 3. The van der Waals surface area contributed by atoms with Gasteiger partial charge in [-0.25, -0.2) is 0 Å². The van der Waals surface area contributed by atoms with Crippen LogP contribution in [-0.2, 0) is 0 Å². The Hall–Kier alpha value is -4.13. The fourth-order valence-corrected chi connectivity index (χ4v) is 3.64. The van der Waals surface area contributed by atoms with Crippen molar-refractivity contribution in [2.24, 2.45) is 5.92 Å². The first-order valence-corrected chi connectivity index (χ1v) is 10.3. The van der Waals surface area contributed by atoms with Gasteiger partial charge in [0.25, 0.3) is 10.9 Å². The minimum atomic E-state index is -0.613. The minimum Gasteiger partial charge on any atom is -0.508 e. The fraction of sp³-hybridized carbons (Fsp3) is 0.160. The van der Waals surface area contributed by atoms with Gasteiger partial charge in [0, 0.05) is 17.4 Å². The van der Waals surface area contributed by atoms with E-state index in [0.717, 1.165) is 5.56 Å². The lowest BCUT2D eigenvalue weighted by molar-refractivity contribution is 0.471. The van der Waals surface area contributed by atoms with Crippen molar-refractivity contribution < 1.29 is 10.2 Å². The number of nitrogens with one attached hydrogen (secondary N) is 2. The standard InChI is InChI=1S/C25H23N3O4/c1-14(2)21(15-6-5-7-17(29)12-15)28-23-22(24(31)25(23)32)27-16-9-10-20(30)18(13-16)19-8-3-4-11-26-19/h3-14,21,27-30H,1-2H3. The van der Waals surface area contributed by atoms with Crippen molar-refractivity contribution in [1.82, 2.24) is 4.98 Å². The molecule has 0 saturated heterocycles. The molecule has 4 rings (SSSR count). The highest BCUT2D eigenvalue weighted by molar-refractivity contribution is 5.81. The molecule has 7 heteroatoms. The van der Waals surface area contributed by atoms with E-state index in [2.05, 4.69) is 15.6 Å². The molecule has 0 radical (unpaired) electrons. The van der Waals surface area contributed by atoms with Crippen molar-refractivity contribution in [2.45, 2.75) is 19.9 Å². The van der Waals surface area contributed by atoms with E-state index in [9.17, 15) is 19.8 Å². The minimum absolute atomic E-state index is 0.0568. The van der Waals surface area contributed by atoms with Crippen LogP contribution in [0.5, 0.6) is 11.5 Å². The number of hydrogen-bond donors (Lipinski definition) is 4. The molecule has 1 aromatic heterocycles. The summed E-state index contributed by atoms with van der Waals surface area (Å²) in [6, 6.07) is 16.7. The Morgan fingerprint density at radius 1 is 0.875 bits per heavy atom. The van der Waals surface area contributed by atoms with E-state index < -0.39 is 10.9 Å². The molecule has 4 aromatic rings. The molecule has 1 atom stereocenters. The maximum Gasteiger partial charge on any atom is 0.253 e. The third kappa shape index (κ3) is 4.05. The number of aromatic hydroxyl groups is 2. The van der Waals surface area contributed by atoms with Gasteiger partial charge in [-0.2, -0.15) is 0 Å². The first-order chi connectivity index (χ1) is 15.3. The number of benzene rings is 2. The maximum absolute atomic E-state index is 12.4. The number of rotatable bonds is 7. The van der Waals surface area contributed by atoms with Gasteiger partial charge >= 0.3 is 0 Å². The monoisotopic (exact) mass is 429 g/mol. The number of pyridine rings is 1. The lowest BCUT2D eigenvalue weighted by atomic mass is 9.95. The summed E-state index contributed by atoms with van der Waals surface area (Å²) in [6.07, 6.45) is 1.63. The summed E-state index contributed by atoms with van der Waals surface area (Å²) in [5, 5.41) is 26.3. The van der Waals surface area contributed by atoms with Crippen LogP contribution in [0.3, 0.4) is 0 Å². The molecule has 0 aliphatic rings. The van der Waals surface area contributed by atoms with Crippen molar-refractivity contribution in [2.75, 3.05) is 10.6 Å². The average molecular weight is 429 g/mol. The predicted molar refractivity (Wildman–Crippen MR) is 125 cm³/mol. The Morgan fingerprint density at radius 2 is 1.66 bits per heavy atom. The molecule has 4 N–H and O–H groups in total. The van der Waals surface area contributed by atoms with Crippen LogP contribution in [0.25, 0.3) is 11.3 Å². The smallest absolute Gasteiger partial charge is 0.253 e. The van der Waals surface area contributed by atoms with E-state index in [4.69, 9.17) is 0 Å². The van der Waals surface area contributed by atoms with Crippen molar-refractivity contribution >= 4 is 17.1 Å². The molecule has 0 amide bonds. The van der Waals surface area contributed by atoms with Gasteiger partial charge in [-0.15, -0.1) is 0 Å². The predicted octanol–water partition coefficient (Wildman–Crippen LogP) is 4.31. The average Bonchev–Trinajstić information content (AvgIpc) is 2.79. The van der Waals surface area contributed by atoms with Crippen molar-refractivity contribution in [3.63, 3.8) is 0 Å². The third-order valence-electron chi connectivity index (χ3n) is 5.31. The molecule has 7 nitrogen and oxygen atoms in total. The summed E-state index contributed by atoms with van der Waals surface area (Å²) in [6.45, 7) is 3.97. The Bertz CT molecular complexity index is 1330. The molecular weight excluding hydrogens is 406 g/mol. The molecule has 3 aromatic carbocycles. The van der Waals surface area contributed by atoms with Crippen LogP contribution < -0.4 is 21.5 Å². The second-order valence-corrected chi connectivity index (χ2v) is 7.94. The van der Waals surface area contributed by atoms with Gasteiger partial charge in [-0.3, -0.25) is 14.6 Å². The number of hydrogen-bond acceptors (Lipinski definition) is 7. The number of phenols is 2.